The van der Waals surface area contributed by atoms with E-state index in [-0.39, 0.29) is 49.1 Å². The number of para-hydroxylation sites is 1. The molecule has 1 heterocycles. The number of hydrogen-bond donors (Lipinski definition) is 3. The van der Waals surface area contributed by atoms with Crippen LogP contribution in [0.5, 0.6) is 17.2 Å². The van der Waals surface area contributed by atoms with Crippen LogP contribution in [0.2, 0.25) is 0 Å². The topological polar surface area (TPSA) is 147 Å². The molecule has 1 aliphatic rings. The molecular weight excluding hydrogens is 732 g/mol. The number of rotatable bonds is 25. The lowest BCUT2D eigenvalue weighted by molar-refractivity contribution is -0.492. The molecule has 13 nitrogen and oxygen atoms in total. The number of hydrogen-bond acceptors (Lipinski definition) is 13. The normalized spacial score (nSPS) is 17.4. The van der Waals surface area contributed by atoms with Crippen molar-refractivity contribution in [2.24, 2.45) is 0 Å². The van der Waals surface area contributed by atoms with Crippen LogP contribution in [0, 0.1) is 0 Å². The smallest absolute Gasteiger partial charge is 0.306 e. The molecule has 0 aliphatic carbocycles. The van der Waals surface area contributed by atoms with Gasteiger partial charge >= 0.3 is 5.97 Å². The first-order valence-corrected chi connectivity index (χ1v) is 19.8. The van der Waals surface area contributed by atoms with E-state index in [4.69, 9.17) is 43.6 Å². The Labute approximate surface area is 335 Å². The van der Waals surface area contributed by atoms with Crippen molar-refractivity contribution in [2.45, 2.75) is 82.9 Å². The van der Waals surface area contributed by atoms with Gasteiger partial charge in [0.1, 0.15) is 23.4 Å². The van der Waals surface area contributed by atoms with Crippen LogP contribution >= 0.6 is 0 Å². The molecule has 1 saturated heterocycles. The van der Waals surface area contributed by atoms with Gasteiger partial charge in [0.25, 0.3) is 0 Å². The number of carbonyl (C=O) groups is 1. The first-order valence-electron chi connectivity index (χ1n) is 19.8. The van der Waals surface area contributed by atoms with Crippen LogP contribution in [0.1, 0.15) is 68.1 Å². The van der Waals surface area contributed by atoms with Crippen molar-refractivity contribution in [1.29, 1.82) is 0 Å². The summed E-state index contributed by atoms with van der Waals surface area (Å²) >= 11 is 0. The lowest BCUT2D eigenvalue weighted by Gasteiger charge is -2.39. The second-order valence-electron chi connectivity index (χ2n) is 14.0. The highest BCUT2D eigenvalue weighted by atomic mass is 17.1. The lowest BCUT2D eigenvalue weighted by Crippen LogP contribution is -2.51. The van der Waals surface area contributed by atoms with Crippen molar-refractivity contribution in [3.63, 3.8) is 0 Å². The molecule has 1 aliphatic heterocycles. The number of nitrogens with one attached hydrogen (secondary N) is 1. The Hall–Kier alpha value is -4.31. The van der Waals surface area contributed by atoms with Gasteiger partial charge in [0, 0.05) is 42.8 Å². The van der Waals surface area contributed by atoms with Gasteiger partial charge in [-0.1, -0.05) is 67.9 Å². The molecular formula is C44H58N2O11. The number of methoxy groups -OCH3 is 2. The lowest BCUT2D eigenvalue weighted by atomic mass is 9.85. The van der Waals surface area contributed by atoms with Crippen LogP contribution in [0.4, 0.5) is 0 Å². The Balaban J connectivity index is 1.19. The van der Waals surface area contributed by atoms with Crippen molar-refractivity contribution in [3.05, 3.63) is 102 Å². The van der Waals surface area contributed by atoms with E-state index in [1.54, 1.807) is 14.2 Å². The second kappa shape index (κ2) is 23.8. The molecule has 3 N–H and O–H groups in total. The van der Waals surface area contributed by atoms with E-state index in [0.717, 1.165) is 51.1 Å². The summed E-state index contributed by atoms with van der Waals surface area (Å²) in [6.45, 7) is 5.54. The Morgan fingerprint density at radius 1 is 0.807 bits per heavy atom. The van der Waals surface area contributed by atoms with E-state index >= 15 is 0 Å². The largest absolute Gasteiger partial charge is 0.496 e. The molecule has 4 atom stereocenters. The maximum atomic E-state index is 12.7. The molecule has 4 aromatic rings. The average molecular weight is 791 g/mol. The Kier molecular flexibility index (Phi) is 18.3. The Morgan fingerprint density at radius 3 is 2.33 bits per heavy atom. The summed E-state index contributed by atoms with van der Waals surface area (Å²) in [6, 6.07) is 28.3. The van der Waals surface area contributed by atoms with Crippen molar-refractivity contribution >= 4 is 16.7 Å². The predicted molar refractivity (Wildman–Crippen MR) is 214 cm³/mol. The fraction of sp³-hybridized carbons (Fsp3) is 0.477. The van der Waals surface area contributed by atoms with Gasteiger partial charge in [-0.2, -0.15) is 0 Å². The SMILES string of the molecule is CCC(COC1CNCC(OCc2cc(OC)c3ccccc3c2)C1c1ccc(OCCCOCc2ccccc2OC)cc1)OC(=O)CCCCCON(O)O. The highest BCUT2D eigenvalue weighted by molar-refractivity contribution is 5.89. The molecule has 0 spiro atoms. The molecule has 0 bridgehead atoms. The molecule has 1 fully saturated rings. The van der Waals surface area contributed by atoms with Crippen molar-refractivity contribution in [3.8, 4) is 17.2 Å². The zero-order chi connectivity index (χ0) is 40.2. The number of nitrogens with zero attached hydrogens (tertiary/aromatic N) is 1. The van der Waals surface area contributed by atoms with E-state index in [1.807, 2.05) is 61.5 Å². The number of carbonyl (C=O) groups excluding carboxylic acids is 1. The molecule has 57 heavy (non-hydrogen) atoms. The predicted octanol–water partition coefficient (Wildman–Crippen LogP) is 7.39. The van der Waals surface area contributed by atoms with E-state index < -0.39 is 6.10 Å². The number of esters is 1. The van der Waals surface area contributed by atoms with Crippen molar-refractivity contribution in [1.82, 2.24) is 10.7 Å². The maximum absolute atomic E-state index is 12.7. The number of ether oxygens (including phenoxy) is 7. The standard InChI is InChI=1S/C44H58N2O11/c1-4-36(57-43(47)17-6-5-11-24-56-46(48)49)31-55-42-28-45-27-41(54-29-32-25-34-13-7-9-15-38(34)40(26-32)51-3)44(42)33-18-20-37(21-19-33)53-23-12-22-52-30-35-14-8-10-16-39(35)50-2/h7-10,13-16,18-21,25-26,36,41-42,44-45,48-49H,4-6,11-12,17,22-24,27-31H2,1-3H3. The number of benzene rings is 4. The summed E-state index contributed by atoms with van der Waals surface area (Å²) in [6.07, 6.45) is 2.58. The van der Waals surface area contributed by atoms with Crippen LogP contribution in [-0.4, -0.2) is 93.8 Å². The molecule has 4 aromatic carbocycles. The summed E-state index contributed by atoms with van der Waals surface area (Å²) in [4.78, 5) is 17.2. The summed E-state index contributed by atoms with van der Waals surface area (Å²) < 4.78 is 42.2. The summed E-state index contributed by atoms with van der Waals surface area (Å²) in [5, 5.41) is 22.6. The van der Waals surface area contributed by atoms with E-state index in [0.29, 0.717) is 65.2 Å². The van der Waals surface area contributed by atoms with E-state index in [1.165, 1.54) is 0 Å². The quantitative estimate of drug-likeness (QED) is 0.0349. The third-order valence-corrected chi connectivity index (χ3v) is 9.96. The monoisotopic (exact) mass is 790 g/mol. The summed E-state index contributed by atoms with van der Waals surface area (Å²) in [5.74, 6) is 1.98. The first kappa shape index (κ1) is 43.8. The minimum absolute atomic E-state index is 0.116. The Morgan fingerprint density at radius 2 is 1.56 bits per heavy atom. The van der Waals surface area contributed by atoms with Gasteiger partial charge in [0.05, 0.1) is 71.5 Å². The summed E-state index contributed by atoms with van der Waals surface area (Å²) in [5.41, 5.74) is 3.09. The van der Waals surface area contributed by atoms with Crippen LogP contribution in [0.25, 0.3) is 10.8 Å². The van der Waals surface area contributed by atoms with Gasteiger partial charge in [0.2, 0.25) is 0 Å². The highest BCUT2D eigenvalue weighted by Crippen LogP contribution is 2.34. The van der Waals surface area contributed by atoms with E-state index in [9.17, 15) is 4.79 Å². The van der Waals surface area contributed by atoms with E-state index in [2.05, 4.69) is 40.5 Å². The van der Waals surface area contributed by atoms with Gasteiger partial charge in [-0.3, -0.25) is 20.0 Å². The summed E-state index contributed by atoms with van der Waals surface area (Å²) in [7, 11) is 3.34. The van der Waals surface area contributed by atoms with Gasteiger partial charge in [-0.15, -0.1) is 0 Å². The minimum atomic E-state index is -0.403. The van der Waals surface area contributed by atoms with Gasteiger partial charge in [0.15, 0.2) is 0 Å². The minimum Gasteiger partial charge on any atom is -0.496 e. The molecule has 0 amide bonds. The molecule has 0 aromatic heterocycles. The van der Waals surface area contributed by atoms with Gasteiger partial charge in [-0.05, 0) is 66.1 Å². The molecule has 0 radical (unpaired) electrons. The maximum Gasteiger partial charge on any atom is 0.306 e. The molecule has 4 unspecified atom stereocenters. The zero-order valence-corrected chi connectivity index (χ0v) is 33.3. The van der Waals surface area contributed by atoms with Gasteiger partial charge in [-0.25, -0.2) is 0 Å². The second-order valence-corrected chi connectivity index (χ2v) is 14.0. The fourth-order valence-electron chi connectivity index (χ4n) is 6.95. The molecule has 310 valence electrons. The number of piperidine rings is 1. The third-order valence-electron chi connectivity index (χ3n) is 9.96. The Bertz CT molecular complexity index is 1770. The van der Waals surface area contributed by atoms with Crippen molar-refractivity contribution in [2.75, 3.05) is 53.7 Å². The van der Waals surface area contributed by atoms with Crippen LogP contribution < -0.4 is 19.5 Å². The van der Waals surface area contributed by atoms with Gasteiger partial charge < -0.3 is 38.5 Å². The molecule has 13 heteroatoms. The average Bonchev–Trinajstić information content (AvgIpc) is 3.23. The van der Waals surface area contributed by atoms with Crippen molar-refractivity contribution < 1.29 is 53.2 Å². The van der Waals surface area contributed by atoms with Crippen LogP contribution in [0.3, 0.4) is 0 Å². The van der Waals surface area contributed by atoms with Crippen LogP contribution in [-0.2, 0) is 41.8 Å². The molecule has 5 rings (SSSR count). The fourth-order valence-corrected chi connectivity index (χ4v) is 6.95. The third kappa shape index (κ3) is 13.9. The first-order chi connectivity index (χ1) is 27.9. The zero-order valence-electron chi connectivity index (χ0n) is 33.3. The molecule has 0 saturated carbocycles. The highest BCUT2D eigenvalue weighted by Gasteiger charge is 2.36. The number of fused-ring (bicyclic) bond motifs is 1. The number of unbranched alkanes of at least 4 members (excludes halogenated alkanes) is 2. The van der Waals surface area contributed by atoms with Crippen LogP contribution in [0.15, 0.2) is 84.9 Å².